The maximum Gasteiger partial charge on any atom is 0.260 e. The Morgan fingerprint density at radius 1 is 1.40 bits per heavy atom. The summed E-state index contributed by atoms with van der Waals surface area (Å²) >= 11 is 11.9. The van der Waals surface area contributed by atoms with Crippen LogP contribution < -0.4 is 10.1 Å². The van der Waals surface area contributed by atoms with Crippen molar-refractivity contribution in [2.24, 2.45) is 5.92 Å². The van der Waals surface area contributed by atoms with Crippen LogP contribution in [0.15, 0.2) is 18.2 Å². The maximum atomic E-state index is 12.3. The van der Waals surface area contributed by atoms with E-state index in [2.05, 4.69) is 24.1 Å². The first-order chi connectivity index (χ1) is 11.8. The number of halogens is 2. The van der Waals surface area contributed by atoms with Crippen LogP contribution in [-0.2, 0) is 9.53 Å². The summed E-state index contributed by atoms with van der Waals surface area (Å²) in [5.41, 5.74) is 0. The Labute approximate surface area is 159 Å². The Morgan fingerprint density at radius 2 is 2.16 bits per heavy atom. The third-order valence-corrected chi connectivity index (χ3v) is 4.45. The van der Waals surface area contributed by atoms with Gasteiger partial charge in [0.2, 0.25) is 0 Å². The Hall–Kier alpha value is -1.01. The normalized spacial score (nSPS) is 19.7. The van der Waals surface area contributed by atoms with Crippen LogP contribution in [-0.4, -0.2) is 55.8 Å². The average molecular weight is 389 g/mol. The van der Waals surface area contributed by atoms with Crippen molar-refractivity contribution in [1.29, 1.82) is 0 Å². The van der Waals surface area contributed by atoms with E-state index >= 15 is 0 Å². The highest BCUT2D eigenvalue weighted by Gasteiger charge is 2.23. The van der Waals surface area contributed by atoms with Crippen LogP contribution in [0.4, 0.5) is 0 Å². The number of benzene rings is 1. The lowest BCUT2D eigenvalue weighted by Crippen LogP contribution is -2.49. The van der Waals surface area contributed by atoms with E-state index in [1.807, 2.05) is 0 Å². The fourth-order valence-corrected chi connectivity index (χ4v) is 3.21. The molecule has 0 saturated carbocycles. The molecule has 140 valence electrons. The molecule has 1 amide bonds. The Morgan fingerprint density at radius 3 is 2.84 bits per heavy atom. The van der Waals surface area contributed by atoms with Gasteiger partial charge in [-0.3, -0.25) is 9.69 Å². The minimum absolute atomic E-state index is 0.00256. The summed E-state index contributed by atoms with van der Waals surface area (Å²) in [4.78, 5) is 14.6. The lowest BCUT2D eigenvalue weighted by molar-refractivity contribution is -0.128. The fraction of sp³-hybridized carbons (Fsp3) is 0.611. The van der Waals surface area contributed by atoms with Gasteiger partial charge in [0.1, 0.15) is 5.75 Å². The maximum absolute atomic E-state index is 12.3. The van der Waals surface area contributed by atoms with Crippen molar-refractivity contribution >= 4 is 29.1 Å². The molecule has 0 radical (unpaired) electrons. The van der Waals surface area contributed by atoms with Crippen LogP contribution >= 0.6 is 23.2 Å². The van der Waals surface area contributed by atoms with E-state index in [1.165, 1.54) is 0 Å². The molecule has 1 aliphatic heterocycles. The number of rotatable bonds is 7. The molecule has 2 unspecified atom stereocenters. The van der Waals surface area contributed by atoms with E-state index in [-0.39, 0.29) is 12.0 Å². The molecule has 25 heavy (non-hydrogen) atoms. The highest BCUT2D eigenvalue weighted by atomic mass is 35.5. The van der Waals surface area contributed by atoms with Gasteiger partial charge in [0.05, 0.1) is 17.7 Å². The summed E-state index contributed by atoms with van der Waals surface area (Å²) in [5.74, 6) is 0.854. The van der Waals surface area contributed by atoms with E-state index in [1.54, 1.807) is 25.1 Å². The molecule has 1 saturated heterocycles. The van der Waals surface area contributed by atoms with E-state index in [0.29, 0.717) is 34.9 Å². The van der Waals surface area contributed by atoms with Gasteiger partial charge in [-0.2, -0.15) is 0 Å². The molecule has 0 aliphatic carbocycles. The van der Waals surface area contributed by atoms with E-state index in [4.69, 9.17) is 32.7 Å². The first-order valence-electron chi connectivity index (χ1n) is 8.58. The molecule has 7 heteroatoms. The Bertz CT molecular complexity index is 583. The molecule has 1 aromatic carbocycles. The minimum atomic E-state index is -0.658. The summed E-state index contributed by atoms with van der Waals surface area (Å²) in [6, 6.07) is 4.91. The number of hydrogen-bond acceptors (Lipinski definition) is 4. The van der Waals surface area contributed by atoms with Gasteiger partial charge < -0.3 is 14.8 Å². The topological polar surface area (TPSA) is 50.8 Å². The predicted molar refractivity (Wildman–Crippen MR) is 101 cm³/mol. The van der Waals surface area contributed by atoms with Gasteiger partial charge in [0.15, 0.2) is 6.10 Å². The van der Waals surface area contributed by atoms with Gasteiger partial charge in [-0.15, -0.1) is 0 Å². The van der Waals surface area contributed by atoms with Crippen LogP contribution in [0.5, 0.6) is 5.75 Å². The molecular weight excluding hydrogens is 363 g/mol. The van der Waals surface area contributed by atoms with Crippen molar-refractivity contribution in [1.82, 2.24) is 10.2 Å². The number of morpholine rings is 1. The molecule has 0 aromatic heterocycles. The molecule has 2 atom stereocenters. The van der Waals surface area contributed by atoms with Crippen LogP contribution in [0, 0.1) is 5.92 Å². The van der Waals surface area contributed by atoms with Crippen molar-refractivity contribution in [2.75, 3.05) is 32.8 Å². The van der Waals surface area contributed by atoms with Crippen molar-refractivity contribution in [3.63, 3.8) is 0 Å². The fourth-order valence-electron chi connectivity index (χ4n) is 2.76. The second kappa shape index (κ2) is 9.62. The van der Waals surface area contributed by atoms with Crippen molar-refractivity contribution in [3.05, 3.63) is 28.2 Å². The number of carbonyl (C=O) groups excluding carboxylic acids is 1. The highest BCUT2D eigenvalue weighted by Crippen LogP contribution is 2.28. The smallest absolute Gasteiger partial charge is 0.260 e. The number of nitrogens with one attached hydrogen (secondary N) is 1. The molecule has 0 spiro atoms. The molecule has 1 N–H and O–H groups in total. The number of carbonyl (C=O) groups is 1. The van der Waals surface area contributed by atoms with Crippen LogP contribution in [0.2, 0.25) is 10.0 Å². The first kappa shape index (κ1) is 20.3. The van der Waals surface area contributed by atoms with Gasteiger partial charge in [-0.1, -0.05) is 37.0 Å². The van der Waals surface area contributed by atoms with Crippen LogP contribution in [0.3, 0.4) is 0 Å². The third-order valence-electron chi connectivity index (χ3n) is 3.92. The van der Waals surface area contributed by atoms with E-state index in [0.717, 1.165) is 19.6 Å². The van der Waals surface area contributed by atoms with Gasteiger partial charge in [0, 0.05) is 31.2 Å². The molecule has 5 nitrogen and oxygen atoms in total. The van der Waals surface area contributed by atoms with Crippen LogP contribution in [0.1, 0.15) is 20.8 Å². The first-order valence-corrected chi connectivity index (χ1v) is 9.34. The molecule has 1 aliphatic rings. The zero-order valence-corrected chi connectivity index (χ0v) is 16.4. The number of amides is 1. The number of hydrogen-bond donors (Lipinski definition) is 1. The summed E-state index contributed by atoms with van der Waals surface area (Å²) in [6.07, 6.45) is -0.656. The molecule has 1 fully saturated rings. The predicted octanol–water partition coefficient (Wildman–Crippen LogP) is 3.23. The van der Waals surface area contributed by atoms with Crippen molar-refractivity contribution < 1.29 is 14.3 Å². The lowest BCUT2D eigenvalue weighted by Gasteiger charge is -2.34. The minimum Gasteiger partial charge on any atom is -0.479 e. The summed E-state index contributed by atoms with van der Waals surface area (Å²) in [6.45, 7) is 10.1. The van der Waals surface area contributed by atoms with Gasteiger partial charge >= 0.3 is 0 Å². The summed E-state index contributed by atoms with van der Waals surface area (Å²) in [5, 5.41) is 3.80. The zero-order chi connectivity index (χ0) is 18.4. The number of nitrogens with zero attached hydrogens (tertiary/aromatic N) is 1. The molecule has 0 bridgehead atoms. The largest absolute Gasteiger partial charge is 0.479 e. The summed E-state index contributed by atoms with van der Waals surface area (Å²) < 4.78 is 11.4. The zero-order valence-electron chi connectivity index (χ0n) is 14.9. The summed E-state index contributed by atoms with van der Waals surface area (Å²) in [7, 11) is 0. The van der Waals surface area contributed by atoms with Crippen molar-refractivity contribution in [3.8, 4) is 5.75 Å². The molecule has 2 rings (SSSR count). The van der Waals surface area contributed by atoms with E-state index in [9.17, 15) is 4.79 Å². The molecule has 1 heterocycles. The average Bonchev–Trinajstić information content (AvgIpc) is 2.55. The number of ether oxygens (including phenoxy) is 2. The monoisotopic (exact) mass is 388 g/mol. The second-order valence-electron chi connectivity index (χ2n) is 6.73. The standard InChI is InChI=1S/C18H26Cl2N2O3/c1-12(2)10-22-6-7-24-15(11-22)9-21-18(23)13(3)25-17-5-4-14(19)8-16(17)20/h4-5,8,12-13,15H,6-7,9-11H2,1-3H3,(H,21,23). The van der Waals surface area contributed by atoms with E-state index < -0.39 is 6.10 Å². The Kier molecular flexibility index (Phi) is 7.81. The molecular formula is C18H26Cl2N2O3. The highest BCUT2D eigenvalue weighted by molar-refractivity contribution is 6.35. The van der Waals surface area contributed by atoms with Gasteiger partial charge in [-0.05, 0) is 31.0 Å². The van der Waals surface area contributed by atoms with Gasteiger partial charge in [-0.25, -0.2) is 0 Å². The quantitative estimate of drug-likeness (QED) is 0.778. The third kappa shape index (κ3) is 6.66. The lowest BCUT2D eigenvalue weighted by atomic mass is 10.2. The van der Waals surface area contributed by atoms with Gasteiger partial charge in [0.25, 0.3) is 5.91 Å². The van der Waals surface area contributed by atoms with Crippen molar-refractivity contribution in [2.45, 2.75) is 33.0 Å². The van der Waals surface area contributed by atoms with Crippen LogP contribution in [0.25, 0.3) is 0 Å². The Balaban J connectivity index is 1.79. The molecule has 1 aromatic rings. The SMILES string of the molecule is CC(C)CN1CCOC(CNC(=O)C(C)Oc2ccc(Cl)cc2Cl)C1. The second-order valence-corrected chi connectivity index (χ2v) is 7.57.